The van der Waals surface area contributed by atoms with Gasteiger partial charge in [-0.2, -0.15) is 0 Å². The number of esters is 1. The third-order valence-corrected chi connectivity index (χ3v) is 4.94. The fourth-order valence-corrected chi connectivity index (χ4v) is 3.03. The highest BCUT2D eigenvalue weighted by Gasteiger charge is 2.11. The first-order valence-electron chi connectivity index (χ1n) is 11.0. The molecule has 0 aliphatic heterocycles. The maximum absolute atomic E-state index is 12.1. The van der Waals surface area contributed by atoms with E-state index in [9.17, 15) is 19.2 Å². The van der Waals surface area contributed by atoms with Crippen LogP contribution < -0.4 is 20.9 Å². The van der Waals surface area contributed by atoms with Crippen LogP contribution in [0.5, 0.6) is 11.5 Å². The van der Waals surface area contributed by atoms with Crippen LogP contribution in [0.25, 0.3) is 0 Å². The van der Waals surface area contributed by atoms with Crippen molar-refractivity contribution in [2.45, 2.75) is 19.3 Å². The molecule has 186 valence electrons. The molecule has 0 atom stereocenters. The van der Waals surface area contributed by atoms with E-state index in [-0.39, 0.29) is 25.2 Å². The minimum Gasteiger partial charge on any atom is -0.457 e. The van der Waals surface area contributed by atoms with E-state index >= 15 is 0 Å². The lowest BCUT2D eigenvalue weighted by atomic mass is 10.2. The topological polar surface area (TPSA) is 123 Å². The van der Waals surface area contributed by atoms with E-state index in [0.717, 1.165) is 0 Å². The van der Waals surface area contributed by atoms with Gasteiger partial charge < -0.3 is 14.8 Å². The van der Waals surface area contributed by atoms with Gasteiger partial charge in [0.2, 0.25) is 5.91 Å². The van der Waals surface area contributed by atoms with Crippen LogP contribution in [-0.4, -0.2) is 30.3 Å². The molecular weight excluding hydrogens is 486 g/mol. The van der Waals surface area contributed by atoms with Crippen molar-refractivity contribution in [1.82, 2.24) is 10.9 Å². The molecule has 0 saturated carbocycles. The molecule has 3 rings (SSSR count). The third kappa shape index (κ3) is 9.11. The van der Waals surface area contributed by atoms with Crippen LogP contribution in [0.3, 0.4) is 0 Å². The van der Waals surface area contributed by atoms with Crippen molar-refractivity contribution in [2.75, 3.05) is 11.9 Å². The van der Waals surface area contributed by atoms with Gasteiger partial charge in [-0.15, -0.1) is 0 Å². The number of hydrogen-bond acceptors (Lipinski definition) is 6. The summed E-state index contributed by atoms with van der Waals surface area (Å²) < 4.78 is 10.6. The first-order chi connectivity index (χ1) is 17.4. The summed E-state index contributed by atoms with van der Waals surface area (Å²) in [5.41, 5.74) is 5.34. The second-order valence-corrected chi connectivity index (χ2v) is 7.95. The van der Waals surface area contributed by atoms with E-state index in [1.54, 1.807) is 78.9 Å². The van der Waals surface area contributed by atoms with Gasteiger partial charge in [-0.25, -0.2) is 0 Å². The van der Waals surface area contributed by atoms with E-state index < -0.39 is 24.4 Å². The lowest BCUT2D eigenvalue weighted by Crippen LogP contribution is -2.43. The second-order valence-electron chi connectivity index (χ2n) is 7.51. The van der Waals surface area contributed by atoms with Crippen molar-refractivity contribution in [3.63, 3.8) is 0 Å². The number of carbonyl (C=O) groups is 4. The average Bonchev–Trinajstić information content (AvgIpc) is 2.89. The largest absolute Gasteiger partial charge is 0.457 e. The minimum atomic E-state index is -0.686. The summed E-state index contributed by atoms with van der Waals surface area (Å²) in [6, 6.07) is 22.1. The predicted molar refractivity (Wildman–Crippen MR) is 133 cm³/mol. The van der Waals surface area contributed by atoms with Gasteiger partial charge in [0.25, 0.3) is 11.8 Å². The smallest absolute Gasteiger partial charge is 0.306 e. The van der Waals surface area contributed by atoms with E-state index in [1.807, 2.05) is 0 Å². The minimum absolute atomic E-state index is 0.0368. The summed E-state index contributed by atoms with van der Waals surface area (Å²) in [5.74, 6) is -0.843. The van der Waals surface area contributed by atoms with Gasteiger partial charge in [-0.3, -0.25) is 30.0 Å². The Morgan fingerprint density at radius 1 is 0.722 bits per heavy atom. The molecule has 10 heteroatoms. The summed E-state index contributed by atoms with van der Waals surface area (Å²) in [6.45, 7) is -0.551. The number of rotatable bonds is 10. The highest BCUT2D eigenvalue weighted by molar-refractivity contribution is 6.30. The molecule has 0 aliphatic carbocycles. The number of nitrogens with one attached hydrogen (secondary N) is 3. The Morgan fingerprint density at radius 3 is 2.03 bits per heavy atom. The van der Waals surface area contributed by atoms with E-state index in [2.05, 4.69) is 16.2 Å². The standard InChI is InChI=1S/C26H24ClN3O6/c27-19-9-13-21(14-10-19)36-22-15-11-20(12-16-22)28-23(31)7-4-8-25(33)35-17-24(32)29-30-26(34)18-5-2-1-3-6-18/h1-3,5-6,9-16H,4,7-8,17H2,(H,28,31)(H,29,32)(H,30,34). The van der Waals surface area contributed by atoms with Crippen LogP contribution in [-0.2, 0) is 19.1 Å². The Morgan fingerprint density at radius 2 is 1.36 bits per heavy atom. The fourth-order valence-electron chi connectivity index (χ4n) is 2.90. The van der Waals surface area contributed by atoms with Crippen LogP contribution in [0.2, 0.25) is 5.02 Å². The number of amides is 3. The number of hydrogen-bond donors (Lipinski definition) is 3. The average molecular weight is 510 g/mol. The first kappa shape index (κ1) is 26.2. The molecule has 0 aliphatic rings. The lowest BCUT2D eigenvalue weighted by molar-refractivity contribution is -0.148. The van der Waals surface area contributed by atoms with Gasteiger partial charge in [0.1, 0.15) is 11.5 Å². The molecule has 0 unspecified atom stereocenters. The van der Waals surface area contributed by atoms with Gasteiger partial charge in [0, 0.05) is 29.1 Å². The van der Waals surface area contributed by atoms with Crippen molar-refractivity contribution in [1.29, 1.82) is 0 Å². The molecule has 0 radical (unpaired) electrons. The summed E-state index contributed by atoms with van der Waals surface area (Å²) in [4.78, 5) is 47.5. The monoisotopic (exact) mass is 509 g/mol. The number of halogens is 1. The van der Waals surface area contributed by atoms with Crippen molar-refractivity contribution >= 4 is 41.0 Å². The molecule has 0 fully saturated rings. The molecule has 0 bridgehead atoms. The molecule has 9 nitrogen and oxygen atoms in total. The van der Waals surface area contributed by atoms with Gasteiger partial charge in [-0.05, 0) is 67.1 Å². The highest BCUT2D eigenvalue weighted by atomic mass is 35.5. The molecule has 0 heterocycles. The summed E-state index contributed by atoms with van der Waals surface area (Å²) in [7, 11) is 0. The second kappa shape index (κ2) is 13.5. The maximum atomic E-state index is 12.1. The summed E-state index contributed by atoms with van der Waals surface area (Å²) in [6.07, 6.45) is 0.303. The summed E-state index contributed by atoms with van der Waals surface area (Å²) >= 11 is 5.85. The molecule has 0 saturated heterocycles. The number of anilines is 1. The Labute approximate surface area is 212 Å². The molecule has 3 aromatic carbocycles. The van der Waals surface area contributed by atoms with E-state index in [0.29, 0.717) is 27.8 Å². The quantitative estimate of drug-likeness (QED) is 0.277. The van der Waals surface area contributed by atoms with Gasteiger partial charge in [-0.1, -0.05) is 29.8 Å². The molecule has 0 aromatic heterocycles. The molecule has 3 N–H and O–H groups in total. The Bertz CT molecular complexity index is 1180. The molecular formula is C26H24ClN3O6. The van der Waals surface area contributed by atoms with Gasteiger partial charge >= 0.3 is 5.97 Å². The van der Waals surface area contributed by atoms with E-state index in [1.165, 1.54) is 0 Å². The van der Waals surface area contributed by atoms with Gasteiger partial charge in [0.05, 0.1) is 0 Å². The van der Waals surface area contributed by atoms with Crippen LogP contribution >= 0.6 is 11.6 Å². The number of hydrazine groups is 1. The predicted octanol–water partition coefficient (Wildman–Crippen LogP) is 4.25. The van der Waals surface area contributed by atoms with Crippen LogP contribution in [0.4, 0.5) is 5.69 Å². The Balaban J connectivity index is 1.29. The number of carbonyl (C=O) groups excluding carboxylic acids is 4. The SMILES string of the molecule is O=C(COC(=O)CCCC(=O)Nc1ccc(Oc2ccc(Cl)cc2)cc1)NNC(=O)c1ccccc1. The normalized spacial score (nSPS) is 10.1. The van der Waals surface area contributed by atoms with Crippen molar-refractivity contribution in [2.24, 2.45) is 0 Å². The van der Waals surface area contributed by atoms with E-state index in [4.69, 9.17) is 21.1 Å². The zero-order valence-electron chi connectivity index (χ0n) is 19.2. The lowest BCUT2D eigenvalue weighted by Gasteiger charge is -2.09. The number of ether oxygens (including phenoxy) is 2. The van der Waals surface area contributed by atoms with Crippen molar-refractivity contribution < 1.29 is 28.7 Å². The van der Waals surface area contributed by atoms with Crippen LogP contribution in [0.15, 0.2) is 78.9 Å². The fraction of sp³-hybridized carbons (Fsp3) is 0.154. The number of benzene rings is 3. The third-order valence-electron chi connectivity index (χ3n) is 4.69. The first-order valence-corrected chi connectivity index (χ1v) is 11.4. The Kier molecular flexibility index (Phi) is 9.84. The molecule has 0 spiro atoms. The van der Waals surface area contributed by atoms with Gasteiger partial charge in [0.15, 0.2) is 6.61 Å². The molecule has 36 heavy (non-hydrogen) atoms. The Hall–Kier alpha value is -4.37. The summed E-state index contributed by atoms with van der Waals surface area (Å²) in [5, 5.41) is 3.35. The van der Waals surface area contributed by atoms with Crippen LogP contribution in [0, 0.1) is 0 Å². The highest BCUT2D eigenvalue weighted by Crippen LogP contribution is 2.24. The molecule has 3 aromatic rings. The van der Waals surface area contributed by atoms with Crippen LogP contribution in [0.1, 0.15) is 29.6 Å². The zero-order chi connectivity index (χ0) is 25.8. The van der Waals surface area contributed by atoms with Crippen molar-refractivity contribution in [3.05, 3.63) is 89.4 Å². The molecule has 3 amide bonds. The zero-order valence-corrected chi connectivity index (χ0v) is 19.9. The maximum Gasteiger partial charge on any atom is 0.306 e. The van der Waals surface area contributed by atoms with Crippen molar-refractivity contribution in [3.8, 4) is 11.5 Å².